The van der Waals surface area contributed by atoms with E-state index in [9.17, 15) is 4.79 Å². The summed E-state index contributed by atoms with van der Waals surface area (Å²) < 4.78 is 8.14. The fraction of sp³-hybridized carbons (Fsp3) is 0.385. The summed E-state index contributed by atoms with van der Waals surface area (Å²) in [4.78, 5) is 22.1. The van der Waals surface area contributed by atoms with Crippen LogP contribution in [-0.2, 0) is 42.0 Å². The molecule has 0 aliphatic carbocycles. The van der Waals surface area contributed by atoms with Crippen molar-refractivity contribution in [1.82, 2.24) is 19.4 Å². The molecule has 6 nitrogen and oxygen atoms in total. The average molecular weight is 431 g/mol. The summed E-state index contributed by atoms with van der Waals surface area (Å²) in [7, 11) is 0. The highest BCUT2D eigenvalue weighted by Crippen LogP contribution is 2.21. The lowest BCUT2D eigenvalue weighted by Gasteiger charge is -2.36. The molecular weight excluding hydrogens is 400 g/mol. The van der Waals surface area contributed by atoms with E-state index in [0.29, 0.717) is 19.7 Å². The van der Waals surface area contributed by atoms with Crippen molar-refractivity contribution < 1.29 is 9.53 Å². The van der Waals surface area contributed by atoms with Crippen molar-refractivity contribution in [3.8, 4) is 0 Å². The number of carbonyl (C=O) groups excluding carboxylic acids is 1. The zero-order valence-electron chi connectivity index (χ0n) is 18.4. The maximum absolute atomic E-state index is 13.2. The highest BCUT2D eigenvalue weighted by atomic mass is 16.5. The molecule has 0 spiro atoms. The molecule has 1 saturated heterocycles. The Kier molecular flexibility index (Phi) is 6.32. The predicted octanol–water partition coefficient (Wildman–Crippen LogP) is 2.91. The van der Waals surface area contributed by atoms with Gasteiger partial charge in [0.2, 0.25) is 0 Å². The molecule has 0 N–H and O–H groups in total. The normalized spacial score (nSPS) is 19.0. The van der Waals surface area contributed by atoms with Crippen molar-refractivity contribution in [2.24, 2.45) is 0 Å². The van der Waals surface area contributed by atoms with Crippen molar-refractivity contribution in [3.05, 3.63) is 89.5 Å². The van der Waals surface area contributed by atoms with Gasteiger partial charge in [0.1, 0.15) is 6.10 Å². The summed E-state index contributed by atoms with van der Waals surface area (Å²) >= 11 is 0. The van der Waals surface area contributed by atoms with Crippen LogP contribution in [0.2, 0.25) is 0 Å². The summed E-state index contributed by atoms with van der Waals surface area (Å²) in [5, 5.41) is 0. The first-order valence-electron chi connectivity index (χ1n) is 11.5. The van der Waals surface area contributed by atoms with Gasteiger partial charge in [-0.2, -0.15) is 0 Å². The molecule has 0 unspecified atom stereocenters. The molecule has 2 aliphatic rings. The van der Waals surface area contributed by atoms with Gasteiger partial charge in [-0.1, -0.05) is 60.7 Å². The molecule has 6 heteroatoms. The Bertz CT molecular complexity index is 1030. The summed E-state index contributed by atoms with van der Waals surface area (Å²) in [5.41, 5.74) is 4.89. The average Bonchev–Trinajstić information content (AvgIpc) is 3.26. The molecule has 3 heterocycles. The van der Waals surface area contributed by atoms with Crippen molar-refractivity contribution >= 4 is 5.91 Å². The highest BCUT2D eigenvalue weighted by molar-refractivity contribution is 5.81. The Morgan fingerprint density at radius 2 is 1.75 bits per heavy atom. The van der Waals surface area contributed by atoms with Crippen LogP contribution in [0.3, 0.4) is 0 Å². The molecule has 32 heavy (non-hydrogen) atoms. The Balaban J connectivity index is 1.18. The van der Waals surface area contributed by atoms with Crippen molar-refractivity contribution in [1.29, 1.82) is 0 Å². The van der Waals surface area contributed by atoms with Gasteiger partial charge < -0.3 is 14.2 Å². The van der Waals surface area contributed by atoms with Crippen molar-refractivity contribution in [3.63, 3.8) is 0 Å². The zero-order chi connectivity index (χ0) is 21.8. The van der Waals surface area contributed by atoms with Crippen LogP contribution in [0.15, 0.2) is 67.0 Å². The maximum atomic E-state index is 13.2. The van der Waals surface area contributed by atoms with Gasteiger partial charge in [-0.25, -0.2) is 4.98 Å². The molecule has 1 amide bonds. The van der Waals surface area contributed by atoms with Crippen LogP contribution in [0.5, 0.6) is 0 Å². The number of aromatic nitrogens is 2. The largest absolute Gasteiger partial charge is 0.366 e. The SMILES string of the molecule is O=C([C@H]1CN(Cc2ccccc2)CCO1)N1CCc2c(ncn2CCc2ccccc2)C1. The van der Waals surface area contributed by atoms with Crippen LogP contribution in [-0.4, -0.2) is 57.6 Å². The monoisotopic (exact) mass is 430 g/mol. The molecule has 0 saturated carbocycles. The van der Waals surface area contributed by atoms with E-state index in [4.69, 9.17) is 4.74 Å². The summed E-state index contributed by atoms with van der Waals surface area (Å²) in [6.07, 6.45) is 3.37. The number of hydrogen-bond donors (Lipinski definition) is 0. The van der Waals surface area contributed by atoms with E-state index >= 15 is 0 Å². The van der Waals surface area contributed by atoms with E-state index in [1.165, 1.54) is 16.8 Å². The molecule has 0 bridgehead atoms. The number of benzene rings is 2. The molecule has 2 aromatic carbocycles. The van der Waals surface area contributed by atoms with Gasteiger partial charge in [0.05, 0.1) is 25.2 Å². The van der Waals surface area contributed by atoms with Crippen LogP contribution in [0.25, 0.3) is 0 Å². The molecule has 1 aromatic heterocycles. The lowest BCUT2D eigenvalue weighted by atomic mass is 10.1. The molecular formula is C26H30N4O2. The van der Waals surface area contributed by atoms with Gasteiger partial charge in [0.15, 0.2) is 0 Å². The van der Waals surface area contributed by atoms with Crippen molar-refractivity contribution in [2.75, 3.05) is 26.2 Å². The first kappa shape index (κ1) is 20.9. The lowest BCUT2D eigenvalue weighted by Crippen LogP contribution is -2.51. The van der Waals surface area contributed by atoms with Gasteiger partial charge in [-0.3, -0.25) is 9.69 Å². The predicted molar refractivity (Wildman–Crippen MR) is 123 cm³/mol. The molecule has 1 atom stereocenters. The second-order valence-corrected chi connectivity index (χ2v) is 8.66. The fourth-order valence-electron chi connectivity index (χ4n) is 4.69. The first-order chi connectivity index (χ1) is 15.8. The third-order valence-corrected chi connectivity index (χ3v) is 6.46. The number of amides is 1. The molecule has 1 fully saturated rings. The Labute approximate surface area is 189 Å². The number of hydrogen-bond acceptors (Lipinski definition) is 4. The van der Waals surface area contributed by atoms with Crippen LogP contribution in [0.1, 0.15) is 22.5 Å². The molecule has 2 aliphatic heterocycles. The summed E-state index contributed by atoms with van der Waals surface area (Å²) in [6, 6.07) is 20.9. The van der Waals surface area contributed by atoms with E-state index < -0.39 is 6.10 Å². The first-order valence-corrected chi connectivity index (χ1v) is 11.5. The third kappa shape index (κ3) is 4.76. The number of nitrogens with zero attached hydrogens (tertiary/aromatic N) is 4. The second-order valence-electron chi connectivity index (χ2n) is 8.66. The van der Waals surface area contributed by atoms with Crippen LogP contribution < -0.4 is 0 Å². The second kappa shape index (κ2) is 9.67. The van der Waals surface area contributed by atoms with E-state index in [2.05, 4.69) is 63.0 Å². The van der Waals surface area contributed by atoms with Gasteiger partial charge in [0, 0.05) is 44.8 Å². The van der Waals surface area contributed by atoms with E-state index in [1.54, 1.807) is 0 Å². The molecule has 0 radical (unpaired) electrons. The summed E-state index contributed by atoms with van der Waals surface area (Å²) in [5.74, 6) is 0.0900. The highest BCUT2D eigenvalue weighted by Gasteiger charge is 2.33. The van der Waals surface area contributed by atoms with E-state index in [1.807, 2.05) is 23.4 Å². The number of imidazole rings is 1. The number of carbonyl (C=O) groups is 1. The smallest absolute Gasteiger partial charge is 0.253 e. The number of fused-ring (bicyclic) bond motifs is 1. The maximum Gasteiger partial charge on any atom is 0.253 e. The van der Waals surface area contributed by atoms with E-state index in [0.717, 1.165) is 44.7 Å². The van der Waals surface area contributed by atoms with Crippen LogP contribution in [0, 0.1) is 0 Å². The number of rotatable bonds is 6. The molecule has 3 aromatic rings. The summed E-state index contributed by atoms with van der Waals surface area (Å²) in [6.45, 7) is 5.16. The number of morpholine rings is 1. The number of ether oxygens (including phenoxy) is 1. The van der Waals surface area contributed by atoms with Crippen molar-refractivity contribution in [2.45, 2.75) is 38.6 Å². The fourth-order valence-corrected chi connectivity index (χ4v) is 4.69. The zero-order valence-corrected chi connectivity index (χ0v) is 18.4. The standard InChI is InChI=1S/C26H30N4O2/c31-26(25-19-28(15-16-32-25)17-22-9-5-2-6-10-22)29-14-12-24-23(18-29)27-20-30(24)13-11-21-7-3-1-4-8-21/h1-10,20,25H,11-19H2/t25-/m1/s1. The van der Waals surface area contributed by atoms with Gasteiger partial charge in [0.25, 0.3) is 5.91 Å². The molecule has 166 valence electrons. The topological polar surface area (TPSA) is 50.6 Å². The van der Waals surface area contributed by atoms with Crippen LogP contribution in [0.4, 0.5) is 0 Å². The van der Waals surface area contributed by atoms with Gasteiger partial charge in [-0.15, -0.1) is 0 Å². The lowest BCUT2D eigenvalue weighted by molar-refractivity contribution is -0.150. The van der Waals surface area contributed by atoms with Gasteiger partial charge in [-0.05, 0) is 17.5 Å². The molecule has 5 rings (SSSR count). The minimum Gasteiger partial charge on any atom is -0.366 e. The van der Waals surface area contributed by atoms with Gasteiger partial charge >= 0.3 is 0 Å². The van der Waals surface area contributed by atoms with Crippen LogP contribution >= 0.6 is 0 Å². The quantitative estimate of drug-likeness (QED) is 0.604. The Morgan fingerprint density at radius 1 is 1.00 bits per heavy atom. The Morgan fingerprint density at radius 3 is 2.53 bits per heavy atom. The minimum absolute atomic E-state index is 0.0900. The third-order valence-electron chi connectivity index (χ3n) is 6.46. The Hall–Kier alpha value is -2.96. The minimum atomic E-state index is -0.394. The number of aryl methyl sites for hydroxylation is 2. The van der Waals surface area contributed by atoms with E-state index in [-0.39, 0.29) is 5.91 Å².